The van der Waals surface area contributed by atoms with Crippen molar-refractivity contribution in [3.8, 4) is 0 Å². The smallest absolute Gasteiger partial charge is 0.135 e. The molecule has 3 rings (SSSR count). The van der Waals surface area contributed by atoms with Crippen molar-refractivity contribution in [3.05, 3.63) is 30.9 Å². The van der Waals surface area contributed by atoms with Crippen molar-refractivity contribution in [2.45, 2.75) is 6.42 Å². The highest BCUT2D eigenvalue weighted by Gasteiger charge is 2.22. The molecule has 0 radical (unpaired) electrons. The summed E-state index contributed by atoms with van der Waals surface area (Å²) in [6.45, 7) is 2.75. The van der Waals surface area contributed by atoms with Gasteiger partial charge in [-0.3, -0.25) is 0 Å². The Hall–Kier alpha value is -2.08. The molecule has 1 aliphatic rings. The Bertz CT molecular complexity index is 524. The molecule has 1 saturated heterocycles. The molecule has 1 unspecified atom stereocenters. The van der Waals surface area contributed by atoms with E-state index in [1.807, 2.05) is 24.5 Å². The maximum Gasteiger partial charge on any atom is 0.135 e. The number of rotatable bonds is 4. The van der Waals surface area contributed by atoms with Gasteiger partial charge in [-0.1, -0.05) is 0 Å². The Morgan fingerprint density at radius 1 is 1.47 bits per heavy atom. The zero-order valence-electron chi connectivity index (χ0n) is 10.7. The Morgan fingerprint density at radius 2 is 2.42 bits per heavy atom. The van der Waals surface area contributed by atoms with E-state index in [0.29, 0.717) is 5.92 Å². The fourth-order valence-corrected chi connectivity index (χ4v) is 2.37. The first-order valence-corrected chi connectivity index (χ1v) is 6.52. The van der Waals surface area contributed by atoms with Gasteiger partial charge in [0.2, 0.25) is 0 Å². The molecule has 1 aliphatic heterocycles. The Labute approximate surface area is 112 Å². The number of nitrogens with zero attached hydrogens (tertiary/aromatic N) is 3. The van der Waals surface area contributed by atoms with Gasteiger partial charge in [0.15, 0.2) is 0 Å². The zero-order valence-corrected chi connectivity index (χ0v) is 10.7. The second-order valence-corrected chi connectivity index (χ2v) is 4.82. The van der Waals surface area contributed by atoms with E-state index in [2.05, 4.69) is 25.2 Å². The second-order valence-electron chi connectivity index (χ2n) is 4.82. The summed E-state index contributed by atoms with van der Waals surface area (Å²) in [5, 5.41) is 3.24. The monoisotopic (exact) mass is 258 g/mol. The number of aromatic amines is 1. The van der Waals surface area contributed by atoms with Crippen LogP contribution in [0.5, 0.6) is 0 Å². The normalized spacial score (nSPS) is 18.8. The Balaban J connectivity index is 1.73. The molecule has 4 N–H and O–H groups in total. The molecule has 19 heavy (non-hydrogen) atoms. The molecule has 3 heterocycles. The predicted octanol–water partition coefficient (Wildman–Crippen LogP) is 1.33. The minimum absolute atomic E-state index is 0.580. The van der Waals surface area contributed by atoms with Crippen molar-refractivity contribution in [1.82, 2.24) is 15.0 Å². The summed E-state index contributed by atoms with van der Waals surface area (Å²) in [7, 11) is 0. The molecule has 0 saturated carbocycles. The van der Waals surface area contributed by atoms with E-state index in [-0.39, 0.29) is 0 Å². The van der Waals surface area contributed by atoms with E-state index >= 15 is 0 Å². The van der Waals surface area contributed by atoms with Gasteiger partial charge in [0.1, 0.15) is 18.0 Å². The largest absolute Gasteiger partial charge is 0.366 e. The molecule has 2 aromatic rings. The number of nitrogens with one attached hydrogen (secondary N) is 2. The van der Waals surface area contributed by atoms with Crippen LogP contribution in [0.2, 0.25) is 0 Å². The molecule has 2 aromatic heterocycles. The number of H-pyrrole nitrogens is 1. The Kier molecular flexibility index (Phi) is 3.33. The van der Waals surface area contributed by atoms with E-state index in [1.165, 1.54) is 0 Å². The summed E-state index contributed by atoms with van der Waals surface area (Å²) in [6.07, 6.45) is 6.50. The molecular weight excluding hydrogens is 240 g/mol. The van der Waals surface area contributed by atoms with E-state index in [0.717, 1.165) is 43.4 Å². The maximum atomic E-state index is 5.72. The van der Waals surface area contributed by atoms with Gasteiger partial charge < -0.3 is 20.9 Å². The number of nitrogens with two attached hydrogens (primary N) is 1. The van der Waals surface area contributed by atoms with Crippen molar-refractivity contribution in [2.24, 2.45) is 11.7 Å². The molecular formula is C13H18N6. The van der Waals surface area contributed by atoms with Crippen LogP contribution in [0.4, 0.5) is 17.3 Å². The topological polar surface area (TPSA) is 82.9 Å². The van der Waals surface area contributed by atoms with Crippen LogP contribution in [0.3, 0.4) is 0 Å². The number of hydrogen-bond donors (Lipinski definition) is 3. The molecule has 1 fully saturated rings. The first kappa shape index (κ1) is 12.0. The molecule has 100 valence electrons. The molecule has 0 aliphatic carbocycles. The summed E-state index contributed by atoms with van der Waals surface area (Å²) in [5.41, 5.74) is 6.71. The summed E-state index contributed by atoms with van der Waals surface area (Å²) < 4.78 is 0. The predicted molar refractivity (Wildman–Crippen MR) is 75.5 cm³/mol. The van der Waals surface area contributed by atoms with Gasteiger partial charge in [-0.15, -0.1) is 0 Å². The van der Waals surface area contributed by atoms with Crippen LogP contribution in [0.15, 0.2) is 30.9 Å². The van der Waals surface area contributed by atoms with E-state index in [4.69, 9.17) is 5.73 Å². The van der Waals surface area contributed by atoms with Crippen LogP contribution in [-0.2, 0) is 0 Å². The molecule has 6 nitrogen and oxygen atoms in total. The fraction of sp³-hybridized carbons (Fsp3) is 0.385. The average Bonchev–Trinajstić information content (AvgIpc) is 3.09. The summed E-state index contributed by atoms with van der Waals surface area (Å²) in [4.78, 5) is 13.9. The SMILES string of the molecule is NCC1CCN(c2cc(Nc3cc[nH]c3)ncn2)C1. The molecule has 6 heteroatoms. The van der Waals surface area contributed by atoms with Gasteiger partial charge in [0.25, 0.3) is 0 Å². The van der Waals surface area contributed by atoms with Crippen molar-refractivity contribution in [3.63, 3.8) is 0 Å². The Morgan fingerprint density at radius 3 is 3.16 bits per heavy atom. The van der Waals surface area contributed by atoms with E-state index < -0.39 is 0 Å². The molecule has 0 spiro atoms. The third-order valence-electron chi connectivity index (χ3n) is 3.47. The standard InChI is InChI=1S/C13H18N6/c14-6-10-2-4-19(8-10)13-5-12(16-9-17-13)18-11-1-3-15-7-11/h1,3,5,7,9-10,15H,2,4,6,8,14H2,(H,16,17,18). The van der Waals surface area contributed by atoms with Crippen LogP contribution in [-0.4, -0.2) is 34.6 Å². The lowest BCUT2D eigenvalue weighted by atomic mass is 10.1. The summed E-state index contributed by atoms with van der Waals surface area (Å²) in [5.74, 6) is 2.35. The second kappa shape index (κ2) is 5.27. The number of anilines is 3. The third kappa shape index (κ3) is 2.68. The maximum absolute atomic E-state index is 5.72. The van der Waals surface area contributed by atoms with Gasteiger partial charge >= 0.3 is 0 Å². The highest BCUT2D eigenvalue weighted by atomic mass is 15.2. The van der Waals surface area contributed by atoms with Crippen molar-refractivity contribution < 1.29 is 0 Å². The highest BCUT2D eigenvalue weighted by Crippen LogP contribution is 2.23. The van der Waals surface area contributed by atoms with Gasteiger partial charge in [-0.2, -0.15) is 0 Å². The van der Waals surface area contributed by atoms with E-state index in [9.17, 15) is 0 Å². The van der Waals surface area contributed by atoms with Crippen LogP contribution < -0.4 is 16.0 Å². The average molecular weight is 258 g/mol. The number of hydrogen-bond acceptors (Lipinski definition) is 5. The first-order chi connectivity index (χ1) is 9.35. The van der Waals surface area contributed by atoms with Crippen molar-refractivity contribution >= 4 is 17.3 Å². The molecule has 0 aromatic carbocycles. The lowest BCUT2D eigenvalue weighted by Crippen LogP contribution is -2.23. The van der Waals surface area contributed by atoms with Gasteiger partial charge in [0.05, 0.1) is 5.69 Å². The minimum atomic E-state index is 0.580. The molecule has 1 atom stereocenters. The van der Waals surface area contributed by atoms with E-state index in [1.54, 1.807) is 6.33 Å². The van der Waals surface area contributed by atoms with Crippen molar-refractivity contribution in [1.29, 1.82) is 0 Å². The third-order valence-corrected chi connectivity index (χ3v) is 3.47. The quantitative estimate of drug-likeness (QED) is 0.770. The zero-order chi connectivity index (χ0) is 13.1. The van der Waals surface area contributed by atoms with Crippen molar-refractivity contribution in [2.75, 3.05) is 29.9 Å². The number of aromatic nitrogens is 3. The first-order valence-electron chi connectivity index (χ1n) is 6.52. The van der Waals surface area contributed by atoms with Crippen LogP contribution in [0.1, 0.15) is 6.42 Å². The van der Waals surface area contributed by atoms with Gasteiger partial charge in [-0.25, -0.2) is 9.97 Å². The minimum Gasteiger partial charge on any atom is -0.366 e. The van der Waals surface area contributed by atoms with Gasteiger partial charge in [-0.05, 0) is 24.9 Å². The molecule has 0 amide bonds. The van der Waals surface area contributed by atoms with Gasteiger partial charge in [0, 0.05) is 31.5 Å². The lowest BCUT2D eigenvalue weighted by molar-refractivity contribution is 0.602. The highest BCUT2D eigenvalue weighted by molar-refractivity contribution is 5.58. The lowest BCUT2D eigenvalue weighted by Gasteiger charge is -2.17. The van der Waals surface area contributed by atoms with Crippen LogP contribution in [0, 0.1) is 5.92 Å². The van der Waals surface area contributed by atoms with Crippen LogP contribution in [0.25, 0.3) is 0 Å². The molecule has 0 bridgehead atoms. The fourth-order valence-electron chi connectivity index (χ4n) is 2.37. The summed E-state index contributed by atoms with van der Waals surface area (Å²) in [6, 6.07) is 3.94. The van der Waals surface area contributed by atoms with Crippen LogP contribution >= 0.6 is 0 Å². The summed E-state index contributed by atoms with van der Waals surface area (Å²) >= 11 is 0.